The van der Waals surface area contributed by atoms with Crippen LogP contribution in [0.3, 0.4) is 0 Å². The summed E-state index contributed by atoms with van der Waals surface area (Å²) in [6, 6.07) is 9.64. The Hall–Kier alpha value is -1.10. The van der Waals surface area contributed by atoms with E-state index in [1.807, 2.05) is 13.8 Å². The molecule has 0 N–H and O–H groups in total. The summed E-state index contributed by atoms with van der Waals surface area (Å²) < 4.78 is 6.00. The number of nitrogens with zero attached hydrogens (tertiary/aromatic N) is 3. The molecule has 0 spiro atoms. The molecule has 0 bridgehead atoms. The predicted octanol–water partition coefficient (Wildman–Crippen LogP) is 5.42. The van der Waals surface area contributed by atoms with Crippen molar-refractivity contribution in [1.29, 1.82) is 0 Å². The van der Waals surface area contributed by atoms with Crippen molar-refractivity contribution in [2.75, 3.05) is 52.4 Å². The third-order valence-electron chi connectivity index (χ3n) is 7.06. The van der Waals surface area contributed by atoms with E-state index in [9.17, 15) is 0 Å². The zero-order valence-corrected chi connectivity index (χ0v) is 20.4. The number of likely N-dealkylation sites (tertiary alicyclic amines) is 3. The van der Waals surface area contributed by atoms with E-state index in [4.69, 9.17) is 4.74 Å². The molecule has 1 aromatic carbocycles. The van der Waals surface area contributed by atoms with Gasteiger partial charge in [0.1, 0.15) is 5.75 Å². The normalized spacial score (nSPS) is 23.4. The van der Waals surface area contributed by atoms with Gasteiger partial charge in [-0.25, -0.2) is 0 Å². The number of benzene rings is 1. The molecule has 176 valence electrons. The average molecular weight is 430 g/mol. The van der Waals surface area contributed by atoms with Gasteiger partial charge in [-0.3, -0.25) is 4.90 Å². The highest BCUT2D eigenvalue weighted by Crippen LogP contribution is 2.23. The molecule has 4 rings (SSSR count). The number of piperidine rings is 2. The topological polar surface area (TPSA) is 19.0 Å². The summed E-state index contributed by atoms with van der Waals surface area (Å²) in [7, 11) is 0. The van der Waals surface area contributed by atoms with E-state index in [2.05, 4.69) is 39.0 Å². The van der Waals surface area contributed by atoms with Gasteiger partial charge in [-0.2, -0.15) is 0 Å². The minimum absolute atomic E-state index is 0.749. The molecule has 3 aliphatic rings. The van der Waals surface area contributed by atoms with Crippen LogP contribution in [0.2, 0.25) is 0 Å². The fourth-order valence-electron chi connectivity index (χ4n) is 5.34. The molecule has 4 heteroatoms. The van der Waals surface area contributed by atoms with Crippen LogP contribution in [0.1, 0.15) is 77.2 Å². The summed E-state index contributed by atoms with van der Waals surface area (Å²) >= 11 is 0. The van der Waals surface area contributed by atoms with Gasteiger partial charge >= 0.3 is 0 Å². The zero-order valence-electron chi connectivity index (χ0n) is 20.4. The van der Waals surface area contributed by atoms with Crippen LogP contribution in [0.15, 0.2) is 24.3 Å². The number of rotatable bonds is 9. The molecule has 3 aliphatic heterocycles. The third-order valence-corrected chi connectivity index (χ3v) is 7.06. The van der Waals surface area contributed by atoms with Gasteiger partial charge in [-0.15, -0.1) is 0 Å². The maximum atomic E-state index is 6.00. The second kappa shape index (κ2) is 14.1. The van der Waals surface area contributed by atoms with Crippen molar-refractivity contribution in [2.45, 2.75) is 84.2 Å². The van der Waals surface area contributed by atoms with Gasteiger partial charge in [0.15, 0.2) is 0 Å². The minimum atomic E-state index is 0.749. The van der Waals surface area contributed by atoms with Gasteiger partial charge in [-0.05, 0) is 95.4 Å². The van der Waals surface area contributed by atoms with Gasteiger partial charge in [-0.1, -0.05) is 38.8 Å². The molecular formula is C27H47N3O. The Labute approximate surface area is 191 Å². The molecule has 0 aromatic heterocycles. The van der Waals surface area contributed by atoms with Crippen LogP contribution >= 0.6 is 0 Å². The van der Waals surface area contributed by atoms with Crippen molar-refractivity contribution in [3.8, 4) is 5.75 Å². The lowest BCUT2D eigenvalue weighted by atomic mass is 10.1. The highest BCUT2D eigenvalue weighted by molar-refractivity contribution is 5.27. The van der Waals surface area contributed by atoms with Crippen molar-refractivity contribution < 1.29 is 4.74 Å². The Balaban J connectivity index is 0.00000132. The van der Waals surface area contributed by atoms with Crippen molar-refractivity contribution in [3.63, 3.8) is 0 Å². The first kappa shape index (κ1) is 24.5. The second-order valence-electron chi connectivity index (χ2n) is 9.38. The smallest absolute Gasteiger partial charge is 0.119 e. The molecule has 1 atom stereocenters. The second-order valence-corrected chi connectivity index (χ2v) is 9.38. The van der Waals surface area contributed by atoms with Crippen LogP contribution in [-0.4, -0.2) is 73.2 Å². The molecule has 4 nitrogen and oxygen atoms in total. The Morgan fingerprint density at radius 1 is 0.774 bits per heavy atom. The monoisotopic (exact) mass is 429 g/mol. The van der Waals surface area contributed by atoms with E-state index in [0.29, 0.717) is 0 Å². The molecule has 31 heavy (non-hydrogen) atoms. The molecule has 1 unspecified atom stereocenters. The maximum absolute atomic E-state index is 6.00. The minimum Gasteiger partial charge on any atom is -0.494 e. The van der Waals surface area contributed by atoms with E-state index < -0.39 is 0 Å². The van der Waals surface area contributed by atoms with Gasteiger partial charge in [0.2, 0.25) is 0 Å². The first-order chi connectivity index (χ1) is 15.4. The molecule has 3 heterocycles. The van der Waals surface area contributed by atoms with E-state index in [0.717, 1.165) is 31.4 Å². The van der Waals surface area contributed by atoms with Crippen molar-refractivity contribution in [3.05, 3.63) is 29.8 Å². The standard InChI is InChI=1S/C25H41N3O.C2H6/c1-3-14-26(15-4-1)18-8-20-29-25-12-10-23(11-13-25)21-28-19-7-9-24(28)22-27-16-5-2-6-17-27;1-2/h10-13,24H,1-9,14-22H2;1-2H3. The lowest BCUT2D eigenvalue weighted by Gasteiger charge is -2.33. The maximum Gasteiger partial charge on any atom is 0.119 e. The van der Waals surface area contributed by atoms with Gasteiger partial charge in [0.25, 0.3) is 0 Å². The summed E-state index contributed by atoms with van der Waals surface area (Å²) in [6.07, 6.45) is 12.2. The average Bonchev–Trinajstić information content (AvgIpc) is 3.27. The molecule has 3 fully saturated rings. The molecule has 0 aliphatic carbocycles. The summed E-state index contributed by atoms with van der Waals surface area (Å²) in [5.74, 6) is 1.03. The van der Waals surface area contributed by atoms with E-state index in [1.165, 1.54) is 103 Å². The quantitative estimate of drug-likeness (QED) is 0.488. The van der Waals surface area contributed by atoms with E-state index >= 15 is 0 Å². The van der Waals surface area contributed by atoms with Crippen LogP contribution < -0.4 is 4.74 Å². The first-order valence-corrected chi connectivity index (χ1v) is 13.3. The molecule has 1 aromatic rings. The highest BCUT2D eigenvalue weighted by Gasteiger charge is 2.26. The summed E-state index contributed by atoms with van der Waals surface area (Å²) in [5.41, 5.74) is 1.43. The lowest BCUT2D eigenvalue weighted by molar-refractivity contribution is 0.149. The van der Waals surface area contributed by atoms with E-state index in [1.54, 1.807) is 0 Å². The predicted molar refractivity (Wildman–Crippen MR) is 132 cm³/mol. The van der Waals surface area contributed by atoms with Crippen molar-refractivity contribution >= 4 is 0 Å². The van der Waals surface area contributed by atoms with Gasteiger partial charge < -0.3 is 14.5 Å². The highest BCUT2D eigenvalue weighted by atomic mass is 16.5. The first-order valence-electron chi connectivity index (χ1n) is 13.3. The van der Waals surface area contributed by atoms with Crippen LogP contribution in [0.25, 0.3) is 0 Å². The molecular weight excluding hydrogens is 382 g/mol. The zero-order chi connectivity index (χ0) is 21.7. The van der Waals surface area contributed by atoms with E-state index in [-0.39, 0.29) is 0 Å². The summed E-state index contributed by atoms with van der Waals surface area (Å²) in [6.45, 7) is 14.8. The SMILES string of the molecule is CC.c1cc(OCCCN2CCCCC2)ccc1CN1CCCC1CN1CCCCC1. The van der Waals surface area contributed by atoms with Gasteiger partial charge in [0, 0.05) is 25.7 Å². The number of ether oxygens (including phenoxy) is 1. The Morgan fingerprint density at radius 2 is 1.42 bits per heavy atom. The Morgan fingerprint density at radius 3 is 2.10 bits per heavy atom. The van der Waals surface area contributed by atoms with Crippen molar-refractivity contribution in [1.82, 2.24) is 14.7 Å². The van der Waals surface area contributed by atoms with Crippen LogP contribution in [0.4, 0.5) is 0 Å². The number of hydrogen-bond acceptors (Lipinski definition) is 4. The van der Waals surface area contributed by atoms with Crippen LogP contribution in [0.5, 0.6) is 5.75 Å². The molecule has 0 amide bonds. The third kappa shape index (κ3) is 8.40. The number of hydrogen-bond donors (Lipinski definition) is 0. The molecule has 0 saturated carbocycles. The Bertz CT molecular complexity index is 579. The van der Waals surface area contributed by atoms with Gasteiger partial charge in [0.05, 0.1) is 6.61 Å². The van der Waals surface area contributed by atoms with Crippen molar-refractivity contribution in [2.24, 2.45) is 0 Å². The summed E-state index contributed by atoms with van der Waals surface area (Å²) in [5, 5.41) is 0. The summed E-state index contributed by atoms with van der Waals surface area (Å²) in [4.78, 5) is 8.00. The molecule has 3 saturated heterocycles. The van der Waals surface area contributed by atoms with Crippen LogP contribution in [0, 0.1) is 0 Å². The fourth-order valence-corrected chi connectivity index (χ4v) is 5.34. The Kier molecular flexibility index (Phi) is 11.2. The lowest BCUT2D eigenvalue weighted by Crippen LogP contribution is -2.42. The van der Waals surface area contributed by atoms with Crippen LogP contribution in [-0.2, 0) is 6.54 Å². The largest absolute Gasteiger partial charge is 0.494 e. The fraction of sp³-hybridized carbons (Fsp3) is 0.778. The molecule has 0 radical (unpaired) electrons.